The van der Waals surface area contributed by atoms with Gasteiger partial charge in [-0.3, -0.25) is 4.79 Å². The quantitative estimate of drug-likeness (QED) is 0.795. The lowest BCUT2D eigenvalue weighted by Crippen LogP contribution is -2.41. The molecular weight excluding hydrogens is 240 g/mol. The SMILES string of the molecule is CCC(CC)(CN)OCC(=O)Nc1cccc(C)c1. The molecule has 4 nitrogen and oxygen atoms in total. The first-order valence-corrected chi connectivity index (χ1v) is 6.75. The van der Waals surface area contributed by atoms with Gasteiger partial charge in [0.15, 0.2) is 0 Å². The van der Waals surface area contributed by atoms with Gasteiger partial charge in [-0.25, -0.2) is 0 Å². The smallest absolute Gasteiger partial charge is 0.250 e. The summed E-state index contributed by atoms with van der Waals surface area (Å²) in [5.74, 6) is -0.148. The molecule has 0 spiro atoms. The van der Waals surface area contributed by atoms with Crippen molar-refractivity contribution in [3.63, 3.8) is 0 Å². The second-order valence-corrected chi connectivity index (χ2v) is 4.80. The van der Waals surface area contributed by atoms with Gasteiger partial charge in [0, 0.05) is 12.2 Å². The molecule has 0 aromatic heterocycles. The third-order valence-electron chi connectivity index (χ3n) is 3.47. The molecule has 0 bridgehead atoms. The van der Waals surface area contributed by atoms with Gasteiger partial charge in [-0.05, 0) is 37.5 Å². The van der Waals surface area contributed by atoms with Crippen LogP contribution in [0, 0.1) is 6.92 Å². The van der Waals surface area contributed by atoms with E-state index in [-0.39, 0.29) is 18.1 Å². The van der Waals surface area contributed by atoms with Gasteiger partial charge in [-0.1, -0.05) is 26.0 Å². The molecule has 1 amide bonds. The van der Waals surface area contributed by atoms with Crippen molar-refractivity contribution in [2.75, 3.05) is 18.5 Å². The van der Waals surface area contributed by atoms with Crippen LogP contribution in [0.4, 0.5) is 5.69 Å². The number of aryl methyl sites for hydroxylation is 1. The lowest BCUT2D eigenvalue weighted by Gasteiger charge is -2.30. The minimum absolute atomic E-state index is 0.0345. The summed E-state index contributed by atoms with van der Waals surface area (Å²) < 4.78 is 5.70. The number of anilines is 1. The first-order valence-electron chi connectivity index (χ1n) is 6.75. The summed E-state index contributed by atoms with van der Waals surface area (Å²) in [5, 5.41) is 2.82. The van der Waals surface area contributed by atoms with Crippen molar-refractivity contribution < 1.29 is 9.53 Å². The second kappa shape index (κ2) is 7.26. The number of rotatable bonds is 7. The van der Waals surface area contributed by atoms with E-state index in [0.29, 0.717) is 6.54 Å². The predicted molar refractivity (Wildman–Crippen MR) is 78.1 cm³/mol. The highest BCUT2D eigenvalue weighted by Crippen LogP contribution is 2.19. The van der Waals surface area contributed by atoms with Gasteiger partial charge in [0.25, 0.3) is 0 Å². The van der Waals surface area contributed by atoms with Gasteiger partial charge < -0.3 is 15.8 Å². The molecule has 0 heterocycles. The maximum absolute atomic E-state index is 11.8. The van der Waals surface area contributed by atoms with Crippen LogP contribution in [0.2, 0.25) is 0 Å². The van der Waals surface area contributed by atoms with Gasteiger partial charge in [-0.2, -0.15) is 0 Å². The van der Waals surface area contributed by atoms with E-state index in [1.807, 2.05) is 45.0 Å². The fraction of sp³-hybridized carbons (Fsp3) is 0.533. The zero-order valence-corrected chi connectivity index (χ0v) is 12.0. The Morgan fingerprint density at radius 3 is 2.58 bits per heavy atom. The van der Waals surface area contributed by atoms with E-state index >= 15 is 0 Å². The maximum atomic E-state index is 11.8. The highest BCUT2D eigenvalue weighted by Gasteiger charge is 2.25. The summed E-state index contributed by atoms with van der Waals surface area (Å²) in [7, 11) is 0. The van der Waals surface area contributed by atoms with Crippen molar-refractivity contribution >= 4 is 11.6 Å². The molecule has 3 N–H and O–H groups in total. The van der Waals surface area contributed by atoms with Crippen LogP contribution in [0.1, 0.15) is 32.3 Å². The van der Waals surface area contributed by atoms with E-state index in [1.54, 1.807) is 0 Å². The molecule has 0 saturated heterocycles. The highest BCUT2D eigenvalue weighted by atomic mass is 16.5. The third-order valence-corrected chi connectivity index (χ3v) is 3.47. The molecule has 0 aliphatic heterocycles. The zero-order chi connectivity index (χ0) is 14.3. The van der Waals surface area contributed by atoms with Crippen molar-refractivity contribution in [1.82, 2.24) is 0 Å². The van der Waals surface area contributed by atoms with Crippen LogP contribution in [0.3, 0.4) is 0 Å². The molecule has 1 rings (SSSR count). The minimum atomic E-state index is -0.385. The largest absolute Gasteiger partial charge is 0.364 e. The Kier molecular flexibility index (Phi) is 5.99. The Balaban J connectivity index is 2.52. The van der Waals surface area contributed by atoms with Crippen molar-refractivity contribution in [3.05, 3.63) is 29.8 Å². The van der Waals surface area contributed by atoms with E-state index in [4.69, 9.17) is 10.5 Å². The van der Waals surface area contributed by atoms with Crippen LogP contribution in [0.25, 0.3) is 0 Å². The number of benzene rings is 1. The number of nitrogens with one attached hydrogen (secondary N) is 1. The molecule has 1 aromatic rings. The first kappa shape index (κ1) is 15.7. The molecule has 4 heteroatoms. The standard InChI is InChI=1S/C15H24N2O2/c1-4-15(5-2,11-16)19-10-14(18)17-13-8-6-7-12(3)9-13/h6-9H,4-5,10-11,16H2,1-3H3,(H,17,18). The molecule has 0 radical (unpaired) electrons. The van der Waals surface area contributed by atoms with E-state index < -0.39 is 0 Å². The fourth-order valence-corrected chi connectivity index (χ4v) is 1.94. The van der Waals surface area contributed by atoms with E-state index in [1.165, 1.54) is 0 Å². The highest BCUT2D eigenvalue weighted by molar-refractivity contribution is 5.91. The fourth-order valence-electron chi connectivity index (χ4n) is 1.94. The van der Waals surface area contributed by atoms with Crippen LogP contribution in [-0.2, 0) is 9.53 Å². The molecule has 0 fully saturated rings. The van der Waals surface area contributed by atoms with Gasteiger partial charge in [0.1, 0.15) is 6.61 Å². The number of nitrogens with two attached hydrogens (primary N) is 1. The van der Waals surface area contributed by atoms with Gasteiger partial charge in [0.05, 0.1) is 5.60 Å². The Bertz CT molecular complexity index is 406. The summed E-state index contributed by atoms with van der Waals surface area (Å²) in [6.07, 6.45) is 1.61. The third kappa shape index (κ3) is 4.65. The van der Waals surface area contributed by atoms with Crippen LogP contribution < -0.4 is 11.1 Å². The molecule has 0 unspecified atom stereocenters. The predicted octanol–water partition coefficient (Wildman–Crippen LogP) is 2.47. The monoisotopic (exact) mass is 264 g/mol. The average Bonchev–Trinajstić information content (AvgIpc) is 2.41. The topological polar surface area (TPSA) is 64.3 Å². The molecule has 0 aliphatic carbocycles. The second-order valence-electron chi connectivity index (χ2n) is 4.80. The maximum Gasteiger partial charge on any atom is 0.250 e. The molecule has 1 aromatic carbocycles. The minimum Gasteiger partial charge on any atom is -0.364 e. The lowest BCUT2D eigenvalue weighted by molar-refractivity contribution is -0.128. The Morgan fingerprint density at radius 2 is 2.05 bits per heavy atom. The first-order chi connectivity index (χ1) is 9.05. The molecular formula is C15H24N2O2. The number of hydrogen-bond acceptors (Lipinski definition) is 3. The molecule has 106 valence electrons. The summed E-state index contributed by atoms with van der Waals surface area (Å²) >= 11 is 0. The molecule has 0 saturated carbocycles. The van der Waals surface area contributed by atoms with E-state index in [2.05, 4.69) is 5.32 Å². The summed E-state index contributed by atoms with van der Waals surface area (Å²) in [6, 6.07) is 7.68. The van der Waals surface area contributed by atoms with Crippen LogP contribution in [-0.4, -0.2) is 24.7 Å². The van der Waals surface area contributed by atoms with Crippen molar-refractivity contribution in [1.29, 1.82) is 0 Å². The normalized spacial score (nSPS) is 11.4. The Labute approximate surface area is 115 Å². The number of ether oxygens (including phenoxy) is 1. The van der Waals surface area contributed by atoms with E-state index in [0.717, 1.165) is 24.1 Å². The summed E-state index contributed by atoms with van der Waals surface area (Å²) in [5.41, 5.74) is 7.25. The number of amides is 1. The lowest BCUT2D eigenvalue weighted by atomic mass is 9.97. The van der Waals surface area contributed by atoms with Gasteiger partial charge in [0.2, 0.25) is 5.91 Å². The molecule has 0 aliphatic rings. The summed E-state index contributed by atoms with van der Waals surface area (Å²) in [4.78, 5) is 11.8. The molecule has 0 atom stereocenters. The van der Waals surface area contributed by atoms with Crippen LogP contribution >= 0.6 is 0 Å². The summed E-state index contributed by atoms with van der Waals surface area (Å²) in [6.45, 7) is 6.49. The van der Waals surface area contributed by atoms with Crippen molar-refractivity contribution in [2.45, 2.75) is 39.2 Å². The van der Waals surface area contributed by atoms with E-state index in [9.17, 15) is 4.79 Å². The van der Waals surface area contributed by atoms with Crippen LogP contribution in [0.5, 0.6) is 0 Å². The number of carbonyl (C=O) groups is 1. The molecule has 19 heavy (non-hydrogen) atoms. The Hall–Kier alpha value is -1.39. The number of hydrogen-bond donors (Lipinski definition) is 2. The van der Waals surface area contributed by atoms with Crippen LogP contribution in [0.15, 0.2) is 24.3 Å². The zero-order valence-electron chi connectivity index (χ0n) is 12.0. The number of carbonyl (C=O) groups excluding carboxylic acids is 1. The van der Waals surface area contributed by atoms with Crippen molar-refractivity contribution in [3.8, 4) is 0 Å². The average molecular weight is 264 g/mol. The Morgan fingerprint density at radius 1 is 1.37 bits per heavy atom. The van der Waals surface area contributed by atoms with Gasteiger partial charge in [-0.15, -0.1) is 0 Å². The van der Waals surface area contributed by atoms with Crippen molar-refractivity contribution in [2.24, 2.45) is 5.73 Å². The van der Waals surface area contributed by atoms with Gasteiger partial charge >= 0.3 is 0 Å².